The first-order chi connectivity index (χ1) is 9.10. The SMILES string of the molecule is CC(=O)[O-].CCCCCCC[n+]1cccc(CC)c1. The second kappa shape index (κ2) is 11.7. The van der Waals surface area contributed by atoms with Gasteiger partial charge >= 0.3 is 0 Å². The quantitative estimate of drug-likeness (QED) is 0.560. The van der Waals surface area contributed by atoms with Gasteiger partial charge in [0.15, 0.2) is 12.4 Å². The van der Waals surface area contributed by atoms with Crippen molar-refractivity contribution in [2.75, 3.05) is 0 Å². The number of pyridine rings is 1. The molecule has 0 saturated heterocycles. The summed E-state index contributed by atoms with van der Waals surface area (Å²) in [7, 11) is 0. The molecule has 19 heavy (non-hydrogen) atoms. The van der Waals surface area contributed by atoms with Crippen molar-refractivity contribution in [3.05, 3.63) is 30.1 Å². The summed E-state index contributed by atoms with van der Waals surface area (Å²) >= 11 is 0. The molecule has 0 fully saturated rings. The Morgan fingerprint density at radius 3 is 2.42 bits per heavy atom. The van der Waals surface area contributed by atoms with E-state index in [2.05, 4.69) is 42.9 Å². The van der Waals surface area contributed by atoms with Gasteiger partial charge < -0.3 is 9.90 Å². The summed E-state index contributed by atoms with van der Waals surface area (Å²) in [5.74, 6) is -1.08. The van der Waals surface area contributed by atoms with Crippen molar-refractivity contribution in [1.82, 2.24) is 0 Å². The van der Waals surface area contributed by atoms with Crippen LogP contribution in [0.3, 0.4) is 0 Å². The zero-order chi connectivity index (χ0) is 14.5. The van der Waals surface area contributed by atoms with Crippen LogP contribution >= 0.6 is 0 Å². The molecular weight excluding hydrogens is 238 g/mol. The third kappa shape index (κ3) is 11.4. The highest BCUT2D eigenvalue weighted by Crippen LogP contribution is 2.02. The molecule has 0 atom stereocenters. The van der Waals surface area contributed by atoms with E-state index in [0.29, 0.717) is 0 Å². The van der Waals surface area contributed by atoms with Gasteiger partial charge in [-0.15, -0.1) is 0 Å². The van der Waals surface area contributed by atoms with E-state index < -0.39 is 5.97 Å². The van der Waals surface area contributed by atoms with Crippen LogP contribution in [0.2, 0.25) is 0 Å². The van der Waals surface area contributed by atoms with Crippen molar-refractivity contribution in [1.29, 1.82) is 0 Å². The van der Waals surface area contributed by atoms with Gasteiger partial charge in [0.2, 0.25) is 0 Å². The lowest BCUT2D eigenvalue weighted by molar-refractivity contribution is -0.697. The Kier molecular flexibility index (Phi) is 10.8. The fraction of sp³-hybridized carbons (Fsp3) is 0.625. The van der Waals surface area contributed by atoms with Crippen molar-refractivity contribution >= 4 is 5.97 Å². The lowest BCUT2D eigenvalue weighted by Crippen LogP contribution is -2.33. The first-order valence-corrected chi connectivity index (χ1v) is 7.25. The predicted molar refractivity (Wildman–Crippen MR) is 75.5 cm³/mol. The third-order valence-corrected chi connectivity index (χ3v) is 2.85. The molecular formula is C16H27NO2. The maximum Gasteiger partial charge on any atom is 0.171 e. The molecule has 1 rings (SSSR count). The Hall–Kier alpha value is -1.38. The number of carboxylic acids is 1. The van der Waals surface area contributed by atoms with Crippen LogP contribution in [-0.4, -0.2) is 5.97 Å². The van der Waals surface area contributed by atoms with Gasteiger partial charge in [0.05, 0.1) is 0 Å². The van der Waals surface area contributed by atoms with E-state index in [1.807, 2.05) is 0 Å². The Bertz CT molecular complexity index is 346. The molecule has 1 aromatic heterocycles. The lowest BCUT2D eigenvalue weighted by Gasteiger charge is -1.99. The molecule has 0 N–H and O–H groups in total. The van der Waals surface area contributed by atoms with Gasteiger partial charge in [0, 0.05) is 24.0 Å². The molecule has 0 saturated carbocycles. The molecule has 1 aromatic rings. The number of aliphatic carboxylic acids is 1. The van der Waals surface area contributed by atoms with Gasteiger partial charge in [-0.3, -0.25) is 0 Å². The van der Waals surface area contributed by atoms with Crippen molar-refractivity contribution < 1.29 is 14.5 Å². The van der Waals surface area contributed by atoms with Crippen molar-refractivity contribution in [2.45, 2.75) is 65.8 Å². The average molecular weight is 265 g/mol. The number of hydrogen-bond acceptors (Lipinski definition) is 2. The summed E-state index contributed by atoms with van der Waals surface area (Å²) in [4.78, 5) is 8.89. The van der Waals surface area contributed by atoms with Crippen LogP contribution in [0.4, 0.5) is 0 Å². The van der Waals surface area contributed by atoms with Crippen LogP contribution in [0.15, 0.2) is 24.5 Å². The minimum atomic E-state index is -1.08. The molecule has 0 bridgehead atoms. The van der Waals surface area contributed by atoms with Gasteiger partial charge in [0.1, 0.15) is 6.54 Å². The first-order valence-electron chi connectivity index (χ1n) is 7.25. The van der Waals surface area contributed by atoms with E-state index in [-0.39, 0.29) is 0 Å². The van der Waals surface area contributed by atoms with Crippen molar-refractivity contribution in [3.63, 3.8) is 0 Å². The molecule has 0 amide bonds. The minimum Gasteiger partial charge on any atom is -0.550 e. The molecule has 0 aromatic carbocycles. The number of aromatic nitrogens is 1. The zero-order valence-electron chi connectivity index (χ0n) is 12.5. The number of carboxylic acid groups (broad SMARTS) is 1. The van der Waals surface area contributed by atoms with Crippen LogP contribution in [0.5, 0.6) is 0 Å². The second-order valence-electron chi connectivity index (χ2n) is 4.71. The van der Waals surface area contributed by atoms with Crippen LogP contribution in [0.1, 0.15) is 58.4 Å². The maximum absolute atomic E-state index is 8.89. The van der Waals surface area contributed by atoms with Gasteiger partial charge in [-0.1, -0.05) is 33.1 Å². The lowest BCUT2D eigenvalue weighted by atomic mass is 10.1. The topological polar surface area (TPSA) is 44.0 Å². The third-order valence-electron chi connectivity index (χ3n) is 2.85. The van der Waals surface area contributed by atoms with Crippen molar-refractivity contribution in [2.24, 2.45) is 0 Å². The minimum absolute atomic E-state index is 0.972. The Morgan fingerprint density at radius 2 is 1.84 bits per heavy atom. The summed E-state index contributed by atoms with van der Waals surface area (Å²) in [6, 6.07) is 4.36. The summed E-state index contributed by atoms with van der Waals surface area (Å²) in [5, 5.41) is 8.89. The molecule has 0 aliphatic carbocycles. The number of aryl methyl sites for hydroxylation is 2. The number of unbranched alkanes of at least 4 members (excludes halogenated alkanes) is 4. The molecule has 0 aliphatic rings. The monoisotopic (exact) mass is 265 g/mol. The predicted octanol–water partition coefficient (Wildman–Crippen LogP) is 2.26. The summed E-state index contributed by atoms with van der Waals surface area (Å²) < 4.78 is 2.32. The molecule has 1 heterocycles. The fourth-order valence-corrected chi connectivity index (χ4v) is 1.82. The highest BCUT2D eigenvalue weighted by atomic mass is 16.4. The van der Waals surface area contributed by atoms with E-state index >= 15 is 0 Å². The number of hydrogen-bond donors (Lipinski definition) is 0. The van der Waals surface area contributed by atoms with E-state index in [1.165, 1.54) is 44.2 Å². The summed E-state index contributed by atoms with van der Waals surface area (Å²) in [6.07, 6.45) is 12.4. The Labute approximate surface area is 117 Å². The number of carbonyl (C=O) groups is 1. The Morgan fingerprint density at radius 1 is 1.21 bits per heavy atom. The molecule has 0 unspecified atom stereocenters. The highest BCUT2D eigenvalue weighted by Gasteiger charge is 2.00. The van der Waals surface area contributed by atoms with Crippen LogP contribution in [-0.2, 0) is 17.8 Å². The zero-order valence-corrected chi connectivity index (χ0v) is 12.5. The van der Waals surface area contributed by atoms with Crippen LogP contribution in [0, 0.1) is 0 Å². The average Bonchev–Trinajstić information content (AvgIpc) is 2.38. The number of carbonyl (C=O) groups excluding carboxylic acids is 1. The number of rotatable bonds is 7. The second-order valence-corrected chi connectivity index (χ2v) is 4.71. The highest BCUT2D eigenvalue weighted by molar-refractivity contribution is 5.60. The van der Waals surface area contributed by atoms with E-state index in [4.69, 9.17) is 9.90 Å². The van der Waals surface area contributed by atoms with E-state index in [1.54, 1.807) is 0 Å². The molecule has 0 spiro atoms. The normalized spacial score (nSPS) is 9.63. The number of nitrogens with zero attached hydrogens (tertiary/aromatic N) is 1. The van der Waals surface area contributed by atoms with Crippen LogP contribution in [0.25, 0.3) is 0 Å². The van der Waals surface area contributed by atoms with Gasteiger partial charge in [-0.2, -0.15) is 0 Å². The molecule has 3 heteroatoms. The summed E-state index contributed by atoms with van der Waals surface area (Å²) in [6.45, 7) is 6.62. The van der Waals surface area contributed by atoms with E-state index in [9.17, 15) is 0 Å². The summed E-state index contributed by atoms with van der Waals surface area (Å²) in [5.41, 5.74) is 1.44. The molecule has 3 nitrogen and oxygen atoms in total. The molecule has 0 aliphatic heterocycles. The molecule has 0 radical (unpaired) electrons. The maximum atomic E-state index is 8.89. The Balaban J connectivity index is 0.000000711. The largest absolute Gasteiger partial charge is 0.550 e. The van der Waals surface area contributed by atoms with Gasteiger partial charge in [-0.05, 0) is 25.8 Å². The van der Waals surface area contributed by atoms with Crippen LogP contribution < -0.4 is 9.67 Å². The van der Waals surface area contributed by atoms with E-state index in [0.717, 1.165) is 13.3 Å². The first kappa shape index (κ1) is 17.6. The fourth-order valence-electron chi connectivity index (χ4n) is 1.82. The van der Waals surface area contributed by atoms with Gasteiger partial charge in [0.25, 0.3) is 0 Å². The smallest absolute Gasteiger partial charge is 0.171 e. The van der Waals surface area contributed by atoms with Gasteiger partial charge in [-0.25, -0.2) is 4.57 Å². The molecule has 108 valence electrons. The van der Waals surface area contributed by atoms with Crippen molar-refractivity contribution in [3.8, 4) is 0 Å². The standard InChI is InChI=1S/C14H24N.C2H4O2/c1-3-5-6-7-8-11-15-12-9-10-14(4-2)13-15;1-2(3)4/h9-10,12-13H,3-8,11H2,1-2H3;1H3,(H,3,4)/q+1;/p-1.